The molecule has 0 spiro atoms. The topological polar surface area (TPSA) is 21.3 Å². The molecule has 1 saturated heterocycles. The highest BCUT2D eigenvalue weighted by Crippen LogP contribution is 2.29. The zero-order valence-corrected chi connectivity index (χ0v) is 7.65. The Hall–Kier alpha value is -0.0800. The monoisotopic (exact) mass is 157 g/mol. The largest absolute Gasteiger partial charge is 0.380 e. The summed E-state index contributed by atoms with van der Waals surface area (Å²) >= 11 is 0. The van der Waals surface area contributed by atoms with Crippen molar-refractivity contribution in [3.8, 4) is 0 Å². The molecule has 0 aromatic heterocycles. The number of nitrogens with one attached hydrogen (secondary N) is 1. The lowest BCUT2D eigenvalue weighted by Gasteiger charge is -2.41. The van der Waals surface area contributed by atoms with Gasteiger partial charge in [-0.1, -0.05) is 13.8 Å². The predicted molar refractivity (Wildman–Crippen MR) is 46.7 cm³/mol. The zero-order valence-electron chi connectivity index (χ0n) is 7.65. The van der Waals surface area contributed by atoms with Crippen LogP contribution in [0.4, 0.5) is 0 Å². The Morgan fingerprint density at radius 3 is 2.45 bits per heavy atom. The number of ether oxygens (including phenoxy) is 1. The second kappa shape index (κ2) is 4.07. The van der Waals surface area contributed by atoms with Crippen LogP contribution in [-0.2, 0) is 4.74 Å². The van der Waals surface area contributed by atoms with Crippen molar-refractivity contribution in [3.63, 3.8) is 0 Å². The molecule has 0 unspecified atom stereocenters. The van der Waals surface area contributed by atoms with Gasteiger partial charge in [-0.05, 0) is 19.4 Å². The van der Waals surface area contributed by atoms with Crippen LogP contribution in [0.25, 0.3) is 0 Å². The summed E-state index contributed by atoms with van der Waals surface area (Å²) in [7, 11) is 0. The lowest BCUT2D eigenvalue weighted by Crippen LogP contribution is -2.49. The van der Waals surface area contributed by atoms with Crippen LogP contribution in [0.3, 0.4) is 0 Å². The molecule has 1 aliphatic heterocycles. The normalized spacial score (nSPS) is 21.3. The second-order valence-electron chi connectivity index (χ2n) is 3.52. The fourth-order valence-corrected chi connectivity index (χ4v) is 1.35. The third-order valence-electron chi connectivity index (χ3n) is 2.49. The molecule has 1 heterocycles. The lowest BCUT2D eigenvalue weighted by atomic mass is 9.83. The van der Waals surface area contributed by atoms with E-state index in [1.165, 1.54) is 12.8 Å². The van der Waals surface area contributed by atoms with Gasteiger partial charge in [0.25, 0.3) is 0 Å². The van der Waals surface area contributed by atoms with E-state index in [1.807, 2.05) is 0 Å². The van der Waals surface area contributed by atoms with E-state index >= 15 is 0 Å². The first-order valence-electron chi connectivity index (χ1n) is 4.61. The minimum absolute atomic E-state index is 0.481. The maximum Gasteiger partial charge on any atom is 0.0556 e. The number of hydrogen-bond donors (Lipinski definition) is 1. The van der Waals surface area contributed by atoms with E-state index in [1.54, 1.807) is 0 Å². The Labute approximate surface area is 69.3 Å². The molecule has 66 valence electrons. The molecule has 0 aliphatic carbocycles. The van der Waals surface area contributed by atoms with Crippen LogP contribution in [0.2, 0.25) is 0 Å². The van der Waals surface area contributed by atoms with Crippen LogP contribution in [0.1, 0.15) is 26.7 Å². The maximum atomic E-state index is 5.22. The lowest BCUT2D eigenvalue weighted by molar-refractivity contribution is -0.112. The van der Waals surface area contributed by atoms with Crippen molar-refractivity contribution in [2.24, 2.45) is 5.41 Å². The van der Waals surface area contributed by atoms with Crippen molar-refractivity contribution in [1.82, 2.24) is 5.32 Å². The highest BCUT2D eigenvalue weighted by molar-refractivity contribution is 4.86. The van der Waals surface area contributed by atoms with Crippen LogP contribution >= 0.6 is 0 Å². The van der Waals surface area contributed by atoms with Crippen molar-refractivity contribution in [2.45, 2.75) is 26.7 Å². The molecular weight excluding hydrogens is 138 g/mol. The summed E-state index contributed by atoms with van der Waals surface area (Å²) in [6.07, 6.45) is 2.46. The van der Waals surface area contributed by atoms with Gasteiger partial charge < -0.3 is 10.1 Å². The summed E-state index contributed by atoms with van der Waals surface area (Å²) in [4.78, 5) is 0. The standard InChI is InChI=1S/C9H19NO/c1-3-5-10-6-9(4-2)7-11-8-9/h10H,3-8H2,1-2H3. The Bertz CT molecular complexity index is 105. The van der Waals surface area contributed by atoms with E-state index in [2.05, 4.69) is 19.2 Å². The Balaban J connectivity index is 2.11. The number of rotatable bonds is 5. The van der Waals surface area contributed by atoms with Gasteiger partial charge in [-0.15, -0.1) is 0 Å². The average molecular weight is 157 g/mol. The molecule has 1 fully saturated rings. The molecule has 0 aromatic rings. The van der Waals surface area contributed by atoms with E-state index < -0.39 is 0 Å². The molecule has 1 aliphatic rings. The molecule has 1 rings (SSSR count). The SMILES string of the molecule is CCCNCC1(CC)COC1. The molecule has 0 saturated carbocycles. The smallest absolute Gasteiger partial charge is 0.0556 e. The average Bonchev–Trinajstić information content (AvgIpc) is 1.95. The minimum Gasteiger partial charge on any atom is -0.380 e. The third kappa shape index (κ3) is 2.17. The summed E-state index contributed by atoms with van der Waals surface area (Å²) in [6, 6.07) is 0. The molecule has 0 aromatic carbocycles. The summed E-state index contributed by atoms with van der Waals surface area (Å²) in [5.41, 5.74) is 0.481. The summed E-state index contributed by atoms with van der Waals surface area (Å²) in [6.45, 7) is 8.64. The van der Waals surface area contributed by atoms with Crippen LogP contribution in [0.5, 0.6) is 0 Å². The first-order chi connectivity index (χ1) is 5.33. The van der Waals surface area contributed by atoms with Gasteiger partial charge in [-0.25, -0.2) is 0 Å². The number of hydrogen-bond acceptors (Lipinski definition) is 2. The van der Waals surface area contributed by atoms with E-state index in [0.29, 0.717) is 5.41 Å². The Morgan fingerprint density at radius 1 is 1.36 bits per heavy atom. The molecule has 2 heteroatoms. The van der Waals surface area contributed by atoms with Crippen LogP contribution in [0.15, 0.2) is 0 Å². The summed E-state index contributed by atoms with van der Waals surface area (Å²) in [5, 5.41) is 3.45. The van der Waals surface area contributed by atoms with Crippen molar-refractivity contribution < 1.29 is 4.74 Å². The van der Waals surface area contributed by atoms with Crippen molar-refractivity contribution >= 4 is 0 Å². The maximum absolute atomic E-state index is 5.22. The Morgan fingerprint density at radius 2 is 2.09 bits per heavy atom. The minimum atomic E-state index is 0.481. The first kappa shape index (κ1) is 9.01. The van der Waals surface area contributed by atoms with Gasteiger partial charge in [0, 0.05) is 12.0 Å². The van der Waals surface area contributed by atoms with Gasteiger partial charge in [0.2, 0.25) is 0 Å². The van der Waals surface area contributed by atoms with Gasteiger partial charge in [0.15, 0.2) is 0 Å². The van der Waals surface area contributed by atoms with E-state index in [4.69, 9.17) is 4.74 Å². The Kier molecular flexibility index (Phi) is 3.34. The summed E-state index contributed by atoms with van der Waals surface area (Å²) < 4.78 is 5.22. The first-order valence-corrected chi connectivity index (χ1v) is 4.61. The molecule has 1 N–H and O–H groups in total. The molecular formula is C9H19NO. The van der Waals surface area contributed by atoms with Gasteiger partial charge in [-0.2, -0.15) is 0 Å². The quantitative estimate of drug-likeness (QED) is 0.609. The van der Waals surface area contributed by atoms with E-state index in [9.17, 15) is 0 Å². The summed E-state index contributed by atoms with van der Waals surface area (Å²) in [5.74, 6) is 0. The van der Waals surface area contributed by atoms with Crippen molar-refractivity contribution in [1.29, 1.82) is 0 Å². The predicted octanol–water partition coefficient (Wildman–Crippen LogP) is 1.41. The van der Waals surface area contributed by atoms with Gasteiger partial charge >= 0.3 is 0 Å². The van der Waals surface area contributed by atoms with E-state index in [0.717, 1.165) is 26.3 Å². The fourth-order valence-electron chi connectivity index (χ4n) is 1.35. The fraction of sp³-hybridized carbons (Fsp3) is 1.00. The third-order valence-corrected chi connectivity index (χ3v) is 2.49. The highest BCUT2D eigenvalue weighted by atomic mass is 16.5. The molecule has 11 heavy (non-hydrogen) atoms. The molecule has 2 nitrogen and oxygen atoms in total. The second-order valence-corrected chi connectivity index (χ2v) is 3.52. The van der Waals surface area contributed by atoms with Gasteiger partial charge in [0.1, 0.15) is 0 Å². The zero-order chi connectivity index (χ0) is 8.16. The van der Waals surface area contributed by atoms with Gasteiger partial charge in [0.05, 0.1) is 13.2 Å². The van der Waals surface area contributed by atoms with Gasteiger partial charge in [-0.3, -0.25) is 0 Å². The molecule has 0 bridgehead atoms. The van der Waals surface area contributed by atoms with Crippen molar-refractivity contribution in [2.75, 3.05) is 26.3 Å². The van der Waals surface area contributed by atoms with Crippen LogP contribution in [0, 0.1) is 5.41 Å². The van der Waals surface area contributed by atoms with Crippen molar-refractivity contribution in [3.05, 3.63) is 0 Å². The van der Waals surface area contributed by atoms with Crippen LogP contribution in [-0.4, -0.2) is 26.3 Å². The van der Waals surface area contributed by atoms with Crippen LogP contribution < -0.4 is 5.32 Å². The molecule has 0 radical (unpaired) electrons. The highest BCUT2D eigenvalue weighted by Gasteiger charge is 2.35. The molecule has 0 atom stereocenters. The molecule has 0 amide bonds. The van der Waals surface area contributed by atoms with E-state index in [-0.39, 0.29) is 0 Å².